The van der Waals surface area contributed by atoms with Crippen LogP contribution in [-0.4, -0.2) is 59.8 Å². The van der Waals surface area contributed by atoms with E-state index >= 15 is 0 Å². The quantitative estimate of drug-likeness (QED) is 0.780. The van der Waals surface area contributed by atoms with Crippen LogP contribution in [0.2, 0.25) is 0 Å². The topological polar surface area (TPSA) is 26.7 Å². The van der Waals surface area contributed by atoms with E-state index in [0.29, 0.717) is 12.0 Å². The fourth-order valence-electron chi connectivity index (χ4n) is 3.62. The summed E-state index contributed by atoms with van der Waals surface area (Å²) in [5.74, 6) is 0.521. The van der Waals surface area contributed by atoms with Gasteiger partial charge in [0.1, 0.15) is 0 Å². The molecule has 0 aromatic heterocycles. The summed E-state index contributed by atoms with van der Waals surface area (Å²) in [5, 5.41) is 10.2. The predicted molar refractivity (Wildman–Crippen MR) is 75.7 cm³/mol. The van der Waals surface area contributed by atoms with Crippen molar-refractivity contribution in [2.75, 3.05) is 32.7 Å². The van der Waals surface area contributed by atoms with Crippen molar-refractivity contribution in [1.82, 2.24) is 9.80 Å². The van der Waals surface area contributed by atoms with Gasteiger partial charge in [-0.1, -0.05) is 26.2 Å². The lowest BCUT2D eigenvalue weighted by Gasteiger charge is -2.41. The molecule has 0 aromatic rings. The maximum Gasteiger partial charge on any atom is 0.0580 e. The molecule has 0 radical (unpaired) electrons. The molecule has 2 fully saturated rings. The largest absolute Gasteiger partial charge is 0.393 e. The minimum Gasteiger partial charge on any atom is -0.393 e. The van der Waals surface area contributed by atoms with E-state index in [9.17, 15) is 5.11 Å². The molecule has 0 amide bonds. The molecule has 18 heavy (non-hydrogen) atoms. The van der Waals surface area contributed by atoms with Crippen LogP contribution >= 0.6 is 0 Å². The average Bonchev–Trinajstić information content (AvgIpc) is 2.55. The van der Waals surface area contributed by atoms with E-state index in [4.69, 9.17) is 0 Å². The molecule has 0 bridgehead atoms. The van der Waals surface area contributed by atoms with Crippen molar-refractivity contribution >= 4 is 0 Å². The zero-order valence-corrected chi connectivity index (χ0v) is 12.1. The van der Waals surface area contributed by atoms with E-state index in [1.165, 1.54) is 51.9 Å². The lowest BCUT2D eigenvalue weighted by molar-refractivity contribution is 0.0376. The zero-order chi connectivity index (χ0) is 13.0. The number of likely N-dealkylation sites (N-methyl/N-ethyl adjacent to an activating group) is 1. The van der Waals surface area contributed by atoms with Gasteiger partial charge in [0, 0.05) is 32.2 Å². The van der Waals surface area contributed by atoms with Crippen LogP contribution in [0.25, 0.3) is 0 Å². The Labute approximate surface area is 112 Å². The highest BCUT2D eigenvalue weighted by Gasteiger charge is 2.27. The summed E-state index contributed by atoms with van der Waals surface area (Å²) in [6, 6.07) is 0.673. The number of aliphatic hydroxyl groups is 1. The summed E-state index contributed by atoms with van der Waals surface area (Å²) in [4.78, 5) is 5.13. The van der Waals surface area contributed by atoms with Crippen LogP contribution in [-0.2, 0) is 0 Å². The second-order valence-electron chi connectivity index (χ2n) is 6.20. The highest BCUT2D eigenvalue weighted by atomic mass is 16.3. The number of hydrogen-bond acceptors (Lipinski definition) is 3. The van der Waals surface area contributed by atoms with Gasteiger partial charge in [0.2, 0.25) is 0 Å². The van der Waals surface area contributed by atoms with Gasteiger partial charge in [-0.25, -0.2) is 0 Å². The molecular formula is C15H30N2O. The van der Waals surface area contributed by atoms with Crippen LogP contribution in [0.3, 0.4) is 0 Å². The monoisotopic (exact) mass is 254 g/mol. The van der Waals surface area contributed by atoms with Crippen molar-refractivity contribution in [3.63, 3.8) is 0 Å². The van der Waals surface area contributed by atoms with Crippen LogP contribution < -0.4 is 0 Å². The molecule has 2 aliphatic rings. The predicted octanol–water partition coefficient (Wildman–Crippen LogP) is 1.95. The van der Waals surface area contributed by atoms with Crippen molar-refractivity contribution in [3.05, 3.63) is 0 Å². The third-order valence-corrected chi connectivity index (χ3v) is 4.87. The molecule has 1 N–H and O–H groups in total. The van der Waals surface area contributed by atoms with Crippen molar-refractivity contribution in [1.29, 1.82) is 0 Å². The van der Waals surface area contributed by atoms with Crippen molar-refractivity contribution in [2.24, 2.45) is 5.92 Å². The third kappa shape index (κ3) is 3.69. The molecule has 1 aliphatic heterocycles. The number of piperazine rings is 1. The molecule has 0 spiro atoms. The van der Waals surface area contributed by atoms with Gasteiger partial charge in [0.15, 0.2) is 0 Å². The number of rotatable bonds is 3. The summed E-state index contributed by atoms with van der Waals surface area (Å²) in [6.07, 6.45) is 6.04. The lowest BCUT2D eigenvalue weighted by atomic mass is 9.96. The maximum absolute atomic E-state index is 10.2. The smallest absolute Gasteiger partial charge is 0.0580 e. The van der Waals surface area contributed by atoms with Gasteiger partial charge < -0.3 is 10.0 Å². The van der Waals surface area contributed by atoms with Crippen molar-refractivity contribution < 1.29 is 5.11 Å². The van der Waals surface area contributed by atoms with Crippen molar-refractivity contribution in [2.45, 2.75) is 58.1 Å². The summed E-state index contributed by atoms with van der Waals surface area (Å²) >= 11 is 0. The lowest BCUT2D eigenvalue weighted by Crippen LogP contribution is -2.53. The van der Waals surface area contributed by atoms with E-state index < -0.39 is 0 Å². The first kappa shape index (κ1) is 14.3. The highest BCUT2D eigenvalue weighted by molar-refractivity contribution is 4.82. The SMILES string of the molecule is CCN1CCN(CC2CCCCCC2O)CC1C. The Bertz CT molecular complexity index is 247. The molecule has 1 aliphatic carbocycles. The summed E-state index contributed by atoms with van der Waals surface area (Å²) in [7, 11) is 0. The van der Waals surface area contributed by atoms with Gasteiger partial charge in [0.05, 0.1) is 6.10 Å². The Balaban J connectivity index is 1.82. The van der Waals surface area contributed by atoms with E-state index in [0.717, 1.165) is 13.0 Å². The number of hydrogen-bond donors (Lipinski definition) is 1. The van der Waals surface area contributed by atoms with Crippen LogP contribution in [0.4, 0.5) is 0 Å². The first-order chi connectivity index (χ1) is 8.70. The second-order valence-corrected chi connectivity index (χ2v) is 6.20. The molecule has 1 saturated heterocycles. The first-order valence-electron chi connectivity index (χ1n) is 7.85. The summed E-state index contributed by atoms with van der Waals surface area (Å²) in [5.41, 5.74) is 0. The number of nitrogens with zero attached hydrogens (tertiary/aromatic N) is 2. The molecule has 1 heterocycles. The fourth-order valence-corrected chi connectivity index (χ4v) is 3.62. The van der Waals surface area contributed by atoms with Gasteiger partial charge in [-0.15, -0.1) is 0 Å². The molecule has 2 rings (SSSR count). The molecule has 3 nitrogen and oxygen atoms in total. The minimum atomic E-state index is -0.0491. The van der Waals surface area contributed by atoms with E-state index in [2.05, 4.69) is 23.6 Å². The standard InChI is InChI=1S/C15H30N2O/c1-3-17-10-9-16(11-13(17)2)12-14-7-5-4-6-8-15(14)18/h13-15,18H,3-12H2,1-2H3. The van der Waals surface area contributed by atoms with Gasteiger partial charge in [-0.05, 0) is 32.2 Å². The highest BCUT2D eigenvalue weighted by Crippen LogP contribution is 2.25. The maximum atomic E-state index is 10.2. The van der Waals surface area contributed by atoms with E-state index in [1.807, 2.05) is 0 Å². The van der Waals surface area contributed by atoms with Crippen molar-refractivity contribution in [3.8, 4) is 0 Å². The molecular weight excluding hydrogens is 224 g/mol. The Morgan fingerprint density at radius 3 is 2.61 bits per heavy atom. The van der Waals surface area contributed by atoms with Gasteiger partial charge >= 0.3 is 0 Å². The summed E-state index contributed by atoms with van der Waals surface area (Å²) < 4.78 is 0. The van der Waals surface area contributed by atoms with Crippen LogP contribution in [0, 0.1) is 5.92 Å². The Kier molecular flexibility index (Phi) is 5.46. The third-order valence-electron chi connectivity index (χ3n) is 4.87. The van der Waals surface area contributed by atoms with E-state index in [1.54, 1.807) is 0 Å². The molecule has 3 unspecified atom stereocenters. The van der Waals surface area contributed by atoms with E-state index in [-0.39, 0.29) is 6.10 Å². The molecule has 0 aromatic carbocycles. The van der Waals surface area contributed by atoms with Crippen LogP contribution in [0.5, 0.6) is 0 Å². The summed E-state index contributed by atoms with van der Waals surface area (Å²) in [6.45, 7) is 10.4. The van der Waals surface area contributed by atoms with Gasteiger partial charge in [-0.2, -0.15) is 0 Å². The normalized spacial score (nSPS) is 36.5. The molecule has 1 saturated carbocycles. The Morgan fingerprint density at radius 1 is 1.11 bits per heavy atom. The first-order valence-corrected chi connectivity index (χ1v) is 7.85. The Hall–Kier alpha value is -0.120. The van der Waals surface area contributed by atoms with Gasteiger partial charge in [0.25, 0.3) is 0 Å². The van der Waals surface area contributed by atoms with Gasteiger partial charge in [-0.3, -0.25) is 4.90 Å². The van der Waals surface area contributed by atoms with Crippen LogP contribution in [0.15, 0.2) is 0 Å². The zero-order valence-electron chi connectivity index (χ0n) is 12.1. The fraction of sp³-hybridized carbons (Fsp3) is 1.00. The minimum absolute atomic E-state index is 0.0491. The molecule has 3 heteroatoms. The average molecular weight is 254 g/mol. The molecule has 106 valence electrons. The van der Waals surface area contributed by atoms with Crippen LogP contribution in [0.1, 0.15) is 46.0 Å². The Morgan fingerprint density at radius 2 is 1.89 bits per heavy atom. The number of aliphatic hydroxyl groups excluding tert-OH is 1. The second kappa shape index (κ2) is 6.88. The molecule has 3 atom stereocenters.